The second-order valence-electron chi connectivity index (χ2n) is 7.17. The third-order valence-electron chi connectivity index (χ3n) is 5.29. The third-order valence-corrected chi connectivity index (χ3v) is 6.16. The fourth-order valence-electron chi connectivity index (χ4n) is 3.80. The van der Waals surface area contributed by atoms with Crippen LogP contribution in [0.1, 0.15) is 22.0 Å². The number of Topliss-reactive ketones (excluding diaryl/α,β-unsaturated/α-hetero) is 1. The van der Waals surface area contributed by atoms with Gasteiger partial charge in [-0.3, -0.25) is 9.59 Å². The number of hydrogen-bond donors (Lipinski definition) is 2. The number of amides is 1. The Hall–Kier alpha value is -3.78. The number of methoxy groups -OCH3 is 2. The first kappa shape index (κ1) is 21.5. The van der Waals surface area contributed by atoms with E-state index in [1.165, 1.54) is 42.6 Å². The van der Waals surface area contributed by atoms with Crippen molar-refractivity contribution in [2.24, 2.45) is 0 Å². The predicted octanol–water partition coefficient (Wildman–Crippen LogP) is 4.09. The van der Waals surface area contributed by atoms with Gasteiger partial charge in [-0.1, -0.05) is 18.2 Å². The summed E-state index contributed by atoms with van der Waals surface area (Å²) < 4.78 is 10.6. The zero-order chi connectivity index (χ0) is 22.8. The first-order chi connectivity index (χ1) is 15.4. The van der Waals surface area contributed by atoms with E-state index < -0.39 is 17.7 Å². The van der Waals surface area contributed by atoms with Crippen molar-refractivity contribution in [2.45, 2.75) is 12.6 Å². The summed E-state index contributed by atoms with van der Waals surface area (Å²) in [7, 11) is 2.93. The molecule has 0 bridgehead atoms. The maximum Gasteiger partial charge on any atom is 0.295 e. The first-order valence-electron chi connectivity index (χ1n) is 9.76. The Kier molecular flexibility index (Phi) is 5.87. The number of hydrogen-bond acceptors (Lipinski definition) is 7. The number of rotatable bonds is 6. The number of aromatic hydroxyl groups is 1. The molecule has 32 heavy (non-hydrogen) atoms. The number of benzene rings is 2. The van der Waals surface area contributed by atoms with Crippen LogP contribution in [-0.2, 0) is 16.1 Å². The summed E-state index contributed by atoms with van der Waals surface area (Å²) in [5, 5.41) is 23.2. The number of phenolic OH excluding ortho intramolecular Hbond substituents is 1. The summed E-state index contributed by atoms with van der Waals surface area (Å²) in [5.74, 6) is -1.15. The predicted molar refractivity (Wildman–Crippen MR) is 120 cm³/mol. The van der Waals surface area contributed by atoms with Crippen LogP contribution < -0.4 is 9.47 Å². The monoisotopic (exact) mass is 451 g/mol. The SMILES string of the molecule is COc1ccc(OC)c(/C(O)=C2\C(=O)C(=O)N(Cc3cccs3)C2c2cccc(O)c2)c1. The first-order valence-corrected chi connectivity index (χ1v) is 10.6. The van der Waals surface area contributed by atoms with Crippen molar-refractivity contribution in [3.63, 3.8) is 0 Å². The zero-order valence-corrected chi connectivity index (χ0v) is 18.3. The molecule has 1 amide bonds. The van der Waals surface area contributed by atoms with Crippen LogP contribution in [0.2, 0.25) is 0 Å². The van der Waals surface area contributed by atoms with E-state index in [0.29, 0.717) is 17.1 Å². The Morgan fingerprint density at radius 3 is 2.53 bits per heavy atom. The van der Waals surface area contributed by atoms with Crippen molar-refractivity contribution in [3.05, 3.63) is 81.6 Å². The molecule has 1 aromatic heterocycles. The smallest absolute Gasteiger partial charge is 0.295 e. The molecule has 4 rings (SSSR count). The van der Waals surface area contributed by atoms with E-state index in [-0.39, 0.29) is 29.2 Å². The molecule has 1 aliphatic heterocycles. The standard InChI is InChI=1S/C24H21NO6S/c1-30-16-8-9-19(31-2)18(12-16)22(27)20-21(14-5-3-6-15(26)11-14)25(24(29)23(20)28)13-17-7-4-10-32-17/h3-12,21,26-27H,13H2,1-2H3/b22-20+. The van der Waals surface area contributed by atoms with Crippen molar-refractivity contribution < 1.29 is 29.3 Å². The van der Waals surface area contributed by atoms with E-state index in [1.807, 2.05) is 17.5 Å². The summed E-state index contributed by atoms with van der Waals surface area (Å²) in [4.78, 5) is 28.5. The molecule has 1 saturated heterocycles. The number of aliphatic hydroxyl groups is 1. The lowest BCUT2D eigenvalue weighted by Gasteiger charge is -2.25. The minimum Gasteiger partial charge on any atom is -0.508 e. The van der Waals surface area contributed by atoms with Crippen LogP contribution in [0.15, 0.2) is 65.6 Å². The minimum absolute atomic E-state index is 0.0110. The molecule has 8 heteroatoms. The summed E-state index contributed by atoms with van der Waals surface area (Å²) in [6, 6.07) is 14.0. The van der Waals surface area contributed by atoms with E-state index in [1.54, 1.807) is 30.3 Å². The van der Waals surface area contributed by atoms with Crippen molar-refractivity contribution in [1.29, 1.82) is 0 Å². The van der Waals surface area contributed by atoms with Gasteiger partial charge in [0.15, 0.2) is 0 Å². The fourth-order valence-corrected chi connectivity index (χ4v) is 4.50. The van der Waals surface area contributed by atoms with E-state index in [0.717, 1.165) is 4.88 Å². The lowest BCUT2D eigenvalue weighted by atomic mass is 9.94. The van der Waals surface area contributed by atoms with Crippen LogP contribution in [0.5, 0.6) is 17.2 Å². The van der Waals surface area contributed by atoms with Gasteiger partial charge in [0, 0.05) is 4.88 Å². The lowest BCUT2D eigenvalue weighted by molar-refractivity contribution is -0.140. The molecule has 7 nitrogen and oxygen atoms in total. The molecule has 1 fully saturated rings. The molecule has 1 atom stereocenters. The van der Waals surface area contributed by atoms with E-state index in [2.05, 4.69) is 0 Å². The molecule has 2 N–H and O–H groups in total. The number of likely N-dealkylation sites (tertiary alicyclic amines) is 1. The lowest BCUT2D eigenvalue weighted by Crippen LogP contribution is -2.28. The Balaban J connectivity index is 1.92. The molecule has 164 valence electrons. The number of thiophene rings is 1. The van der Waals surface area contributed by atoms with Gasteiger partial charge in [0.05, 0.1) is 37.9 Å². The molecular weight excluding hydrogens is 430 g/mol. The number of carbonyl (C=O) groups excluding carboxylic acids is 2. The second-order valence-corrected chi connectivity index (χ2v) is 8.20. The summed E-state index contributed by atoms with van der Waals surface area (Å²) in [6.45, 7) is 0.189. The molecule has 0 aliphatic carbocycles. The van der Waals surface area contributed by atoms with Gasteiger partial charge in [-0.2, -0.15) is 0 Å². The number of ether oxygens (including phenoxy) is 2. The number of aliphatic hydroxyl groups excluding tert-OH is 1. The molecule has 1 aliphatic rings. The van der Waals surface area contributed by atoms with Crippen LogP contribution in [-0.4, -0.2) is 41.0 Å². The average molecular weight is 452 g/mol. The molecule has 0 spiro atoms. The van der Waals surface area contributed by atoms with Gasteiger partial charge < -0.3 is 24.6 Å². The highest BCUT2D eigenvalue weighted by molar-refractivity contribution is 7.09. The Morgan fingerprint density at radius 2 is 1.88 bits per heavy atom. The average Bonchev–Trinajstić information content (AvgIpc) is 3.40. The topological polar surface area (TPSA) is 96.3 Å². The molecule has 2 heterocycles. The van der Waals surface area contributed by atoms with Gasteiger partial charge in [-0.25, -0.2) is 0 Å². The number of nitrogens with zero attached hydrogens (tertiary/aromatic N) is 1. The summed E-state index contributed by atoms with van der Waals surface area (Å²) in [5.41, 5.74) is 0.652. The van der Waals surface area contributed by atoms with Crippen molar-refractivity contribution in [2.75, 3.05) is 14.2 Å². The van der Waals surface area contributed by atoms with E-state index >= 15 is 0 Å². The van der Waals surface area contributed by atoms with Crippen LogP contribution in [0, 0.1) is 0 Å². The molecular formula is C24H21NO6S. The van der Waals surface area contributed by atoms with Gasteiger partial charge in [0.2, 0.25) is 0 Å². The quantitative estimate of drug-likeness (QED) is 0.333. The van der Waals surface area contributed by atoms with E-state index in [4.69, 9.17) is 9.47 Å². The van der Waals surface area contributed by atoms with Crippen LogP contribution in [0.25, 0.3) is 5.76 Å². The Labute approximate surface area is 188 Å². The highest BCUT2D eigenvalue weighted by atomic mass is 32.1. The number of phenols is 1. The zero-order valence-electron chi connectivity index (χ0n) is 17.4. The van der Waals surface area contributed by atoms with Crippen molar-refractivity contribution >= 4 is 28.8 Å². The molecule has 0 saturated carbocycles. The maximum atomic E-state index is 13.1. The van der Waals surface area contributed by atoms with Gasteiger partial charge >= 0.3 is 0 Å². The summed E-state index contributed by atoms with van der Waals surface area (Å²) >= 11 is 1.46. The maximum absolute atomic E-state index is 13.1. The third kappa shape index (κ3) is 3.80. The number of carbonyl (C=O) groups is 2. The normalized spacial score (nSPS) is 17.6. The van der Waals surface area contributed by atoms with Gasteiger partial charge in [0.25, 0.3) is 11.7 Å². The molecule has 0 radical (unpaired) electrons. The second kappa shape index (κ2) is 8.76. The van der Waals surface area contributed by atoms with Crippen LogP contribution in [0.4, 0.5) is 0 Å². The van der Waals surface area contributed by atoms with Gasteiger partial charge in [-0.15, -0.1) is 11.3 Å². The molecule has 2 aromatic carbocycles. The fraction of sp³-hybridized carbons (Fsp3) is 0.167. The summed E-state index contributed by atoms with van der Waals surface area (Å²) in [6.07, 6.45) is 0. The van der Waals surface area contributed by atoms with Crippen LogP contribution in [0.3, 0.4) is 0 Å². The molecule has 1 unspecified atom stereocenters. The Morgan fingerprint density at radius 1 is 1.06 bits per heavy atom. The van der Waals surface area contributed by atoms with Crippen LogP contribution >= 0.6 is 11.3 Å². The van der Waals surface area contributed by atoms with Crippen molar-refractivity contribution in [1.82, 2.24) is 4.90 Å². The van der Waals surface area contributed by atoms with Crippen molar-refractivity contribution in [3.8, 4) is 17.2 Å². The van der Waals surface area contributed by atoms with Gasteiger partial charge in [-0.05, 0) is 47.3 Å². The highest BCUT2D eigenvalue weighted by Gasteiger charge is 2.46. The van der Waals surface area contributed by atoms with E-state index in [9.17, 15) is 19.8 Å². The number of ketones is 1. The largest absolute Gasteiger partial charge is 0.508 e. The minimum atomic E-state index is -0.889. The Bertz CT molecular complexity index is 1200. The van der Waals surface area contributed by atoms with Gasteiger partial charge in [0.1, 0.15) is 23.0 Å². The highest BCUT2D eigenvalue weighted by Crippen LogP contribution is 2.43. The molecule has 3 aromatic rings.